The summed E-state index contributed by atoms with van der Waals surface area (Å²) >= 11 is 3.50. The van der Waals surface area contributed by atoms with Crippen LogP contribution in [0.25, 0.3) is 0 Å². The van der Waals surface area contributed by atoms with Crippen molar-refractivity contribution in [2.45, 2.75) is 38.0 Å². The Morgan fingerprint density at radius 3 is 2.83 bits per heavy atom. The number of benzene rings is 1. The van der Waals surface area contributed by atoms with E-state index in [9.17, 15) is 4.79 Å². The number of hydrogen-bond donors (Lipinski definition) is 0. The van der Waals surface area contributed by atoms with Crippen molar-refractivity contribution in [3.63, 3.8) is 0 Å². The Balaban J connectivity index is 1.80. The van der Waals surface area contributed by atoms with Crippen LogP contribution >= 0.6 is 15.9 Å². The van der Waals surface area contributed by atoms with Crippen LogP contribution in [0, 0.1) is 5.92 Å². The molecule has 0 spiro atoms. The molecule has 3 rings (SSSR count). The number of carbonyl (C=O) groups is 1. The first-order valence-electron chi connectivity index (χ1n) is 8.50. The van der Waals surface area contributed by atoms with E-state index in [2.05, 4.69) is 58.6 Å². The highest BCUT2D eigenvalue weighted by atomic mass is 79.9. The predicted octanol–water partition coefficient (Wildman–Crippen LogP) is 3.72. The van der Waals surface area contributed by atoms with E-state index >= 15 is 0 Å². The lowest BCUT2D eigenvalue weighted by Gasteiger charge is -2.48. The van der Waals surface area contributed by atoms with Crippen LogP contribution in [-0.2, 0) is 14.3 Å². The standard InChI is InChI=1S/C19H24BrNO3/c1-3-10-23-12-16-11-21-17(19(22)24-16)9-4-13(2)18(21)14-5-7-15(20)8-6-14/h3,5-8,13,16-18H,1,4,9-12H2,2H3/t13-,16?,17+,18-/m1/s1. The number of hydrogen-bond acceptors (Lipinski definition) is 4. The first-order valence-corrected chi connectivity index (χ1v) is 9.29. The molecule has 2 fully saturated rings. The van der Waals surface area contributed by atoms with Gasteiger partial charge in [-0.1, -0.05) is 41.1 Å². The van der Waals surface area contributed by atoms with Crippen LogP contribution in [0.2, 0.25) is 0 Å². The molecule has 5 heteroatoms. The molecule has 24 heavy (non-hydrogen) atoms. The number of carbonyl (C=O) groups excluding carboxylic acids is 1. The van der Waals surface area contributed by atoms with Crippen LogP contribution in [0.3, 0.4) is 0 Å². The summed E-state index contributed by atoms with van der Waals surface area (Å²) < 4.78 is 12.2. The van der Waals surface area contributed by atoms with E-state index in [0.29, 0.717) is 19.1 Å². The quantitative estimate of drug-likeness (QED) is 0.434. The Labute approximate surface area is 151 Å². The molecule has 1 aromatic carbocycles. The van der Waals surface area contributed by atoms with Crippen molar-refractivity contribution < 1.29 is 14.3 Å². The minimum atomic E-state index is -0.211. The minimum Gasteiger partial charge on any atom is -0.457 e. The molecule has 0 radical (unpaired) electrons. The van der Waals surface area contributed by atoms with Crippen molar-refractivity contribution in [3.05, 3.63) is 47.0 Å². The number of halogens is 1. The second kappa shape index (κ2) is 7.81. The molecule has 1 aromatic rings. The Bertz CT molecular complexity index is 589. The van der Waals surface area contributed by atoms with Crippen molar-refractivity contribution in [2.24, 2.45) is 5.92 Å². The Morgan fingerprint density at radius 2 is 2.12 bits per heavy atom. The van der Waals surface area contributed by atoms with E-state index in [4.69, 9.17) is 9.47 Å². The van der Waals surface area contributed by atoms with E-state index in [1.54, 1.807) is 6.08 Å². The average molecular weight is 394 g/mol. The number of piperidine rings is 1. The first-order chi connectivity index (χ1) is 11.6. The van der Waals surface area contributed by atoms with Gasteiger partial charge in [-0.15, -0.1) is 6.58 Å². The highest BCUT2D eigenvalue weighted by molar-refractivity contribution is 9.10. The summed E-state index contributed by atoms with van der Waals surface area (Å²) in [6.45, 7) is 7.53. The molecule has 0 aliphatic carbocycles. The molecule has 1 unspecified atom stereocenters. The summed E-state index contributed by atoms with van der Waals surface area (Å²) in [7, 11) is 0. The summed E-state index contributed by atoms with van der Waals surface area (Å²) in [5.41, 5.74) is 1.26. The lowest BCUT2D eigenvalue weighted by atomic mass is 9.82. The second-order valence-electron chi connectivity index (χ2n) is 6.65. The molecule has 4 nitrogen and oxygen atoms in total. The van der Waals surface area contributed by atoms with Crippen LogP contribution < -0.4 is 0 Å². The number of ether oxygens (including phenoxy) is 2. The van der Waals surface area contributed by atoms with Gasteiger partial charge in [0.05, 0.1) is 13.2 Å². The van der Waals surface area contributed by atoms with Gasteiger partial charge in [-0.05, 0) is 36.5 Å². The molecule has 2 aliphatic heterocycles. The number of fused-ring (bicyclic) bond motifs is 1. The van der Waals surface area contributed by atoms with Crippen LogP contribution in [0.5, 0.6) is 0 Å². The third kappa shape index (κ3) is 3.73. The van der Waals surface area contributed by atoms with E-state index < -0.39 is 0 Å². The van der Waals surface area contributed by atoms with E-state index in [1.165, 1.54) is 5.56 Å². The lowest BCUT2D eigenvalue weighted by molar-refractivity contribution is -0.178. The van der Waals surface area contributed by atoms with Gasteiger partial charge in [0.25, 0.3) is 0 Å². The number of nitrogens with zero attached hydrogens (tertiary/aromatic N) is 1. The maximum atomic E-state index is 12.5. The van der Waals surface area contributed by atoms with Crippen molar-refractivity contribution in [2.75, 3.05) is 19.8 Å². The molecule has 0 saturated carbocycles. The van der Waals surface area contributed by atoms with Gasteiger partial charge >= 0.3 is 5.97 Å². The van der Waals surface area contributed by atoms with Gasteiger partial charge < -0.3 is 9.47 Å². The maximum absolute atomic E-state index is 12.5. The third-order valence-corrected chi connectivity index (χ3v) is 5.44. The second-order valence-corrected chi connectivity index (χ2v) is 7.56. The zero-order chi connectivity index (χ0) is 17.1. The Kier molecular flexibility index (Phi) is 5.74. The van der Waals surface area contributed by atoms with E-state index in [1.807, 2.05) is 0 Å². The molecule has 0 N–H and O–H groups in total. The van der Waals surface area contributed by atoms with Gasteiger partial charge in [0.2, 0.25) is 0 Å². The van der Waals surface area contributed by atoms with Crippen molar-refractivity contribution >= 4 is 21.9 Å². The smallest absolute Gasteiger partial charge is 0.323 e. The molecule has 2 aliphatic rings. The Morgan fingerprint density at radius 1 is 1.38 bits per heavy atom. The largest absolute Gasteiger partial charge is 0.457 e. The number of rotatable bonds is 5. The van der Waals surface area contributed by atoms with Gasteiger partial charge in [0.15, 0.2) is 0 Å². The molecule has 130 valence electrons. The highest BCUT2D eigenvalue weighted by Gasteiger charge is 2.45. The van der Waals surface area contributed by atoms with Gasteiger partial charge in [-0.25, -0.2) is 0 Å². The summed E-state index contributed by atoms with van der Waals surface area (Å²) in [5, 5.41) is 0. The highest BCUT2D eigenvalue weighted by Crippen LogP contribution is 2.41. The average Bonchev–Trinajstić information content (AvgIpc) is 2.56. The van der Waals surface area contributed by atoms with Crippen LogP contribution in [0.1, 0.15) is 31.4 Å². The summed E-state index contributed by atoms with van der Waals surface area (Å²) in [5.74, 6) is 0.394. The molecular formula is C19H24BrNO3. The predicted molar refractivity (Wildman–Crippen MR) is 96.7 cm³/mol. The maximum Gasteiger partial charge on any atom is 0.323 e. The van der Waals surface area contributed by atoms with E-state index in [0.717, 1.165) is 23.9 Å². The zero-order valence-corrected chi connectivity index (χ0v) is 15.6. The fourth-order valence-electron chi connectivity index (χ4n) is 3.82. The third-order valence-electron chi connectivity index (χ3n) is 4.91. The van der Waals surface area contributed by atoms with Crippen molar-refractivity contribution in [1.82, 2.24) is 4.90 Å². The van der Waals surface area contributed by atoms with Crippen LogP contribution in [0.15, 0.2) is 41.4 Å². The molecule has 0 bridgehead atoms. The molecule has 0 amide bonds. The number of cyclic esters (lactones) is 1. The van der Waals surface area contributed by atoms with Gasteiger partial charge in [-0.2, -0.15) is 0 Å². The van der Waals surface area contributed by atoms with Crippen LogP contribution in [0.4, 0.5) is 0 Å². The molecule has 0 aromatic heterocycles. The SMILES string of the molecule is C=CCOCC1CN2[C@@H](CC[C@@H](C)[C@@H]2c2ccc(Br)cc2)C(=O)O1. The van der Waals surface area contributed by atoms with Crippen molar-refractivity contribution in [1.29, 1.82) is 0 Å². The minimum absolute atomic E-state index is 0.109. The van der Waals surface area contributed by atoms with Gasteiger partial charge in [-0.3, -0.25) is 9.69 Å². The number of morpholine rings is 1. The summed E-state index contributed by atoms with van der Waals surface area (Å²) in [4.78, 5) is 14.8. The fourth-order valence-corrected chi connectivity index (χ4v) is 4.09. The lowest BCUT2D eigenvalue weighted by Crippen LogP contribution is -2.58. The van der Waals surface area contributed by atoms with Gasteiger partial charge in [0, 0.05) is 17.1 Å². The summed E-state index contributed by atoms with van der Waals surface area (Å²) in [6.07, 6.45) is 3.40. The van der Waals surface area contributed by atoms with Gasteiger partial charge in [0.1, 0.15) is 12.1 Å². The molecule has 4 atom stereocenters. The normalized spacial score (nSPS) is 30.5. The molecule has 2 heterocycles. The topological polar surface area (TPSA) is 38.8 Å². The summed E-state index contributed by atoms with van der Waals surface area (Å²) in [6, 6.07) is 8.54. The molecular weight excluding hydrogens is 370 g/mol. The molecule has 2 saturated heterocycles. The van der Waals surface area contributed by atoms with Crippen LogP contribution in [-0.4, -0.2) is 42.8 Å². The monoisotopic (exact) mass is 393 g/mol. The fraction of sp³-hybridized carbons (Fsp3) is 0.526. The first kappa shape index (κ1) is 17.6. The Hall–Kier alpha value is -1.17. The van der Waals surface area contributed by atoms with Crippen molar-refractivity contribution in [3.8, 4) is 0 Å². The van der Waals surface area contributed by atoms with E-state index in [-0.39, 0.29) is 24.2 Å². The zero-order valence-electron chi connectivity index (χ0n) is 14.0. The number of esters is 1.